The lowest BCUT2D eigenvalue weighted by molar-refractivity contribution is -0.169. The van der Waals surface area contributed by atoms with Crippen LogP contribution in [0.3, 0.4) is 0 Å². The van der Waals surface area contributed by atoms with Gasteiger partial charge in [0.1, 0.15) is 18.0 Å². The molecule has 0 bridgehead atoms. The van der Waals surface area contributed by atoms with Crippen LogP contribution in [0, 0.1) is 28.6 Å². The highest BCUT2D eigenvalue weighted by atomic mass is 32.2. The van der Waals surface area contributed by atoms with Crippen LogP contribution in [0.1, 0.15) is 57.2 Å². The molecule has 6 rings (SSSR count). The third kappa shape index (κ3) is 3.09. The van der Waals surface area contributed by atoms with Gasteiger partial charge in [-0.3, -0.25) is 9.59 Å². The van der Waals surface area contributed by atoms with E-state index in [1.54, 1.807) is 11.8 Å². The molecule has 190 valence electrons. The first-order valence-corrected chi connectivity index (χ1v) is 14.2. The van der Waals surface area contributed by atoms with Gasteiger partial charge in [-0.05, 0) is 86.1 Å². The van der Waals surface area contributed by atoms with Crippen molar-refractivity contribution in [3.63, 3.8) is 0 Å². The molecule has 0 saturated heterocycles. The summed E-state index contributed by atoms with van der Waals surface area (Å²) >= 11 is 1.72. The van der Waals surface area contributed by atoms with Crippen LogP contribution >= 0.6 is 11.8 Å². The third-order valence-corrected chi connectivity index (χ3v) is 11.0. The zero-order chi connectivity index (χ0) is 25.5. The molecule has 4 aliphatic rings. The van der Waals surface area contributed by atoms with Gasteiger partial charge in [0.25, 0.3) is 0 Å². The second-order valence-corrected chi connectivity index (χ2v) is 12.6. The van der Waals surface area contributed by atoms with Gasteiger partial charge < -0.3 is 10.2 Å². The van der Waals surface area contributed by atoms with Crippen LogP contribution in [0.15, 0.2) is 40.9 Å². The zero-order valence-corrected chi connectivity index (χ0v) is 22.0. The van der Waals surface area contributed by atoms with Crippen LogP contribution < -0.4 is 0 Å². The van der Waals surface area contributed by atoms with Gasteiger partial charge in [0.15, 0.2) is 5.78 Å². The number of Topliss-reactive ketones (excluding diaryl/α,β-unsaturated/α-hetero) is 2. The Bertz CT molecular complexity index is 1280. The topological polar surface area (TPSA) is 92.4 Å². The Labute approximate surface area is 216 Å². The van der Waals surface area contributed by atoms with Crippen LogP contribution in [0.5, 0.6) is 0 Å². The quantitative estimate of drug-likeness (QED) is 0.603. The van der Waals surface area contributed by atoms with Crippen molar-refractivity contribution in [2.45, 2.75) is 62.9 Å². The highest BCUT2D eigenvalue weighted by Gasteiger charge is 2.68. The number of ketones is 2. The fraction of sp³-hybridized carbons (Fsp3) is 0.552. The Balaban J connectivity index is 1.36. The van der Waals surface area contributed by atoms with E-state index in [0.29, 0.717) is 6.42 Å². The molecule has 0 aliphatic heterocycles. The number of carbonyl (C=O) groups is 2. The molecule has 6 nitrogen and oxygen atoms in total. The first-order valence-electron chi connectivity index (χ1n) is 13.0. The second kappa shape index (κ2) is 8.14. The van der Waals surface area contributed by atoms with Crippen molar-refractivity contribution in [1.29, 1.82) is 0 Å². The summed E-state index contributed by atoms with van der Waals surface area (Å²) in [6.07, 6.45) is 10.1. The molecule has 0 spiro atoms. The van der Waals surface area contributed by atoms with Gasteiger partial charge in [-0.2, -0.15) is 5.10 Å². The second-order valence-electron chi connectivity index (χ2n) is 11.8. The first-order chi connectivity index (χ1) is 17.2. The lowest BCUT2D eigenvalue weighted by Gasteiger charge is -2.57. The van der Waals surface area contributed by atoms with Crippen LogP contribution in [0.25, 0.3) is 11.8 Å². The number of thioether (sulfide) groups is 1. The summed E-state index contributed by atoms with van der Waals surface area (Å²) in [6.45, 7) is 3.47. The number of aromatic nitrogens is 2. The summed E-state index contributed by atoms with van der Waals surface area (Å²) in [5.41, 5.74) is 1.91. The average Bonchev–Trinajstić information content (AvgIpc) is 3.39. The largest absolute Gasteiger partial charge is 0.388 e. The fourth-order valence-corrected chi connectivity index (χ4v) is 8.81. The zero-order valence-electron chi connectivity index (χ0n) is 21.2. The molecule has 4 aliphatic carbocycles. The van der Waals surface area contributed by atoms with E-state index in [9.17, 15) is 19.8 Å². The number of fused-ring (bicyclic) bond motifs is 6. The minimum atomic E-state index is -1.61. The summed E-state index contributed by atoms with van der Waals surface area (Å²) in [6, 6.07) is 8.42. The molecular formula is C29H34N2O4S. The summed E-state index contributed by atoms with van der Waals surface area (Å²) in [4.78, 5) is 27.7. The van der Waals surface area contributed by atoms with Gasteiger partial charge in [0.05, 0.1) is 17.6 Å². The van der Waals surface area contributed by atoms with Gasteiger partial charge in [-0.1, -0.05) is 19.4 Å². The van der Waals surface area contributed by atoms with Gasteiger partial charge in [-0.15, -0.1) is 11.8 Å². The molecule has 2 N–H and O–H groups in total. The Hall–Kier alpha value is -2.22. The molecule has 3 saturated carbocycles. The molecule has 6 atom stereocenters. The maximum absolute atomic E-state index is 13.9. The summed E-state index contributed by atoms with van der Waals surface area (Å²) in [7, 11) is 0. The predicted octanol–water partition coefficient (Wildman–Crippen LogP) is 4.25. The van der Waals surface area contributed by atoms with Crippen LogP contribution in [-0.4, -0.2) is 50.0 Å². The minimum absolute atomic E-state index is 0.0955. The average molecular weight is 507 g/mol. The normalized spacial score (nSPS) is 37.0. The molecule has 0 radical (unpaired) electrons. The number of aliphatic hydroxyl groups is 2. The molecule has 1 heterocycles. The molecule has 3 fully saturated rings. The van der Waals surface area contributed by atoms with E-state index < -0.39 is 23.4 Å². The Morgan fingerprint density at radius 1 is 1.19 bits per heavy atom. The monoisotopic (exact) mass is 506 g/mol. The van der Waals surface area contributed by atoms with E-state index in [-0.39, 0.29) is 35.4 Å². The summed E-state index contributed by atoms with van der Waals surface area (Å²) in [5.74, 6) is -0.282. The Morgan fingerprint density at radius 3 is 2.64 bits per heavy atom. The highest BCUT2D eigenvalue weighted by Crippen LogP contribution is 2.66. The maximum atomic E-state index is 13.9. The van der Waals surface area contributed by atoms with Crippen LogP contribution in [0.2, 0.25) is 0 Å². The van der Waals surface area contributed by atoms with Crippen molar-refractivity contribution in [2.75, 3.05) is 12.9 Å². The van der Waals surface area contributed by atoms with Gasteiger partial charge in [-0.25, -0.2) is 4.68 Å². The van der Waals surface area contributed by atoms with Gasteiger partial charge in [0.2, 0.25) is 0 Å². The van der Waals surface area contributed by atoms with Crippen molar-refractivity contribution >= 4 is 29.4 Å². The summed E-state index contributed by atoms with van der Waals surface area (Å²) < 4.78 is 2.01. The fourth-order valence-electron chi connectivity index (χ4n) is 8.41. The number of rotatable bonds is 4. The summed E-state index contributed by atoms with van der Waals surface area (Å²) in [5, 5.41) is 25.7. The van der Waals surface area contributed by atoms with E-state index >= 15 is 0 Å². The van der Waals surface area contributed by atoms with Crippen LogP contribution in [0.4, 0.5) is 0 Å². The van der Waals surface area contributed by atoms with Crippen LogP contribution in [-0.2, 0) is 16.0 Å². The van der Waals surface area contributed by atoms with Crippen molar-refractivity contribution in [3.05, 3.63) is 47.3 Å². The molecular weight excluding hydrogens is 472 g/mol. The van der Waals surface area contributed by atoms with Crippen molar-refractivity contribution in [3.8, 4) is 5.69 Å². The molecule has 7 heteroatoms. The van der Waals surface area contributed by atoms with E-state index in [1.807, 2.05) is 17.8 Å². The number of carbonyl (C=O) groups excluding carboxylic acids is 2. The minimum Gasteiger partial charge on any atom is -0.388 e. The van der Waals surface area contributed by atoms with E-state index in [0.717, 1.165) is 42.6 Å². The molecule has 1 aromatic heterocycles. The number of nitrogens with zero attached hydrogens (tertiary/aromatic N) is 2. The van der Waals surface area contributed by atoms with Crippen molar-refractivity contribution in [1.82, 2.24) is 9.78 Å². The number of hydrogen-bond donors (Lipinski definition) is 2. The molecule has 0 unspecified atom stereocenters. The molecule has 1 aromatic carbocycles. The number of allylic oxidation sites excluding steroid dienone is 1. The molecule has 0 amide bonds. The van der Waals surface area contributed by atoms with E-state index in [1.165, 1.54) is 10.5 Å². The van der Waals surface area contributed by atoms with Crippen molar-refractivity contribution in [2.24, 2.45) is 28.6 Å². The number of aliphatic hydroxyl groups excluding tert-OH is 1. The standard InChI is InChI=1S/C29H34N2O4S/c1-27-13-17-15-30-31(19-5-7-20(36-3)8-6-19)23(17)12-18(27)4-9-21-22-10-11-29(35,25(34)16-32)28(22,2)14-24(33)26(21)27/h5-8,12,15,21-22,26,32,35H,4,9-11,13-14,16H2,1-3H3/t21-,22-,26+,27-,28-,29-/m0/s1. The number of hydrogen-bond acceptors (Lipinski definition) is 6. The Morgan fingerprint density at radius 2 is 1.94 bits per heavy atom. The molecule has 36 heavy (non-hydrogen) atoms. The van der Waals surface area contributed by atoms with E-state index in [2.05, 4.69) is 43.5 Å². The van der Waals surface area contributed by atoms with E-state index in [4.69, 9.17) is 5.10 Å². The predicted molar refractivity (Wildman–Crippen MR) is 139 cm³/mol. The smallest absolute Gasteiger partial charge is 0.190 e. The third-order valence-electron chi connectivity index (χ3n) is 10.3. The van der Waals surface area contributed by atoms with Gasteiger partial charge in [0, 0.05) is 28.1 Å². The lowest BCUT2D eigenvalue weighted by atomic mass is 9.46. The number of benzene rings is 1. The van der Waals surface area contributed by atoms with Gasteiger partial charge >= 0.3 is 0 Å². The maximum Gasteiger partial charge on any atom is 0.190 e. The SMILES string of the molecule is CSc1ccc(-n2ncc3c2C=C2CC[C@@H]4[C@H](C(=O)C[C@@]5(C)[C@H]4CC[C@]5(O)C(=O)CO)[C@@]2(C)C3)cc1. The Kier molecular flexibility index (Phi) is 5.46. The highest BCUT2D eigenvalue weighted by molar-refractivity contribution is 7.98. The lowest BCUT2D eigenvalue weighted by Crippen LogP contribution is -2.61. The first kappa shape index (κ1) is 24.1. The molecule has 2 aromatic rings. The van der Waals surface area contributed by atoms with Crippen molar-refractivity contribution < 1.29 is 19.8 Å².